The standard InChI is InChI=1S/C17H24O/c18-17(16-8-4-5-9-16)12-10-15(11-13-17)14-6-2-1-3-7-14/h1-3,6-7,15-16,18H,4-5,8-13H2. The zero-order valence-electron chi connectivity index (χ0n) is 11.1. The van der Waals surface area contributed by atoms with Gasteiger partial charge in [-0.2, -0.15) is 0 Å². The van der Waals surface area contributed by atoms with Crippen molar-refractivity contribution >= 4 is 0 Å². The molecule has 0 heterocycles. The van der Waals surface area contributed by atoms with Gasteiger partial charge in [0.05, 0.1) is 5.60 Å². The molecule has 1 heteroatoms. The predicted octanol–water partition coefficient (Wildman–Crippen LogP) is 4.27. The summed E-state index contributed by atoms with van der Waals surface area (Å²) in [6, 6.07) is 10.8. The minimum absolute atomic E-state index is 0.332. The Labute approximate surface area is 110 Å². The van der Waals surface area contributed by atoms with Crippen LogP contribution in [-0.4, -0.2) is 10.7 Å². The lowest BCUT2D eigenvalue weighted by atomic mass is 9.70. The fraction of sp³-hybridized carbons (Fsp3) is 0.647. The van der Waals surface area contributed by atoms with Gasteiger partial charge in [0, 0.05) is 0 Å². The Bertz CT molecular complexity index is 370. The molecule has 0 amide bonds. The van der Waals surface area contributed by atoms with Crippen LogP contribution in [0.5, 0.6) is 0 Å². The molecule has 0 bridgehead atoms. The number of benzene rings is 1. The Kier molecular flexibility index (Phi) is 3.43. The summed E-state index contributed by atoms with van der Waals surface area (Å²) in [6.45, 7) is 0. The van der Waals surface area contributed by atoms with Crippen LogP contribution in [0.15, 0.2) is 30.3 Å². The molecular weight excluding hydrogens is 220 g/mol. The first kappa shape index (κ1) is 12.2. The SMILES string of the molecule is OC1(C2CCCC2)CCC(c2ccccc2)CC1. The molecule has 98 valence electrons. The summed E-state index contributed by atoms with van der Waals surface area (Å²) in [4.78, 5) is 0. The summed E-state index contributed by atoms with van der Waals surface area (Å²) in [5.41, 5.74) is 1.13. The Balaban J connectivity index is 1.64. The van der Waals surface area contributed by atoms with E-state index in [4.69, 9.17) is 0 Å². The molecule has 0 spiro atoms. The molecule has 0 unspecified atom stereocenters. The first-order chi connectivity index (χ1) is 8.78. The van der Waals surface area contributed by atoms with Crippen LogP contribution in [0, 0.1) is 5.92 Å². The highest BCUT2D eigenvalue weighted by Crippen LogP contribution is 2.46. The molecule has 1 nitrogen and oxygen atoms in total. The van der Waals surface area contributed by atoms with Crippen LogP contribution in [0.3, 0.4) is 0 Å². The van der Waals surface area contributed by atoms with Gasteiger partial charge in [-0.3, -0.25) is 0 Å². The van der Waals surface area contributed by atoms with Crippen molar-refractivity contribution in [1.29, 1.82) is 0 Å². The number of hydrogen-bond acceptors (Lipinski definition) is 1. The Hall–Kier alpha value is -0.820. The maximum atomic E-state index is 10.8. The van der Waals surface area contributed by atoms with E-state index in [2.05, 4.69) is 30.3 Å². The van der Waals surface area contributed by atoms with E-state index in [9.17, 15) is 5.11 Å². The fourth-order valence-electron chi connectivity index (χ4n) is 4.05. The van der Waals surface area contributed by atoms with Crippen molar-refractivity contribution in [2.75, 3.05) is 0 Å². The average molecular weight is 244 g/mol. The van der Waals surface area contributed by atoms with Crippen molar-refractivity contribution in [3.05, 3.63) is 35.9 Å². The van der Waals surface area contributed by atoms with Crippen molar-refractivity contribution in [2.45, 2.75) is 62.9 Å². The van der Waals surface area contributed by atoms with E-state index in [-0.39, 0.29) is 5.60 Å². The van der Waals surface area contributed by atoms with Crippen LogP contribution in [0.4, 0.5) is 0 Å². The lowest BCUT2D eigenvalue weighted by molar-refractivity contribution is -0.0508. The lowest BCUT2D eigenvalue weighted by Crippen LogP contribution is -2.40. The van der Waals surface area contributed by atoms with E-state index in [0.717, 1.165) is 25.7 Å². The zero-order valence-corrected chi connectivity index (χ0v) is 11.1. The Morgan fingerprint density at radius 2 is 1.50 bits per heavy atom. The summed E-state index contributed by atoms with van der Waals surface area (Å²) in [5.74, 6) is 1.27. The van der Waals surface area contributed by atoms with Gasteiger partial charge < -0.3 is 5.11 Å². The topological polar surface area (TPSA) is 20.2 Å². The third kappa shape index (κ3) is 2.33. The number of aliphatic hydroxyl groups is 1. The molecule has 0 radical (unpaired) electrons. The molecule has 0 aromatic heterocycles. The van der Waals surface area contributed by atoms with Gasteiger partial charge in [-0.1, -0.05) is 43.2 Å². The smallest absolute Gasteiger partial charge is 0.0676 e. The first-order valence-electron chi connectivity index (χ1n) is 7.55. The van der Waals surface area contributed by atoms with Crippen molar-refractivity contribution in [3.8, 4) is 0 Å². The lowest BCUT2D eigenvalue weighted by Gasteiger charge is -2.40. The first-order valence-corrected chi connectivity index (χ1v) is 7.55. The van der Waals surface area contributed by atoms with Gasteiger partial charge in [0.15, 0.2) is 0 Å². The summed E-state index contributed by atoms with van der Waals surface area (Å²) < 4.78 is 0. The van der Waals surface area contributed by atoms with Gasteiger partial charge in [0.25, 0.3) is 0 Å². The molecule has 2 saturated carbocycles. The van der Waals surface area contributed by atoms with E-state index < -0.39 is 0 Å². The summed E-state index contributed by atoms with van der Waals surface area (Å²) in [7, 11) is 0. The molecule has 1 N–H and O–H groups in total. The van der Waals surface area contributed by atoms with Crippen LogP contribution in [0.25, 0.3) is 0 Å². The molecule has 3 rings (SSSR count). The average Bonchev–Trinajstić information content (AvgIpc) is 2.95. The number of rotatable bonds is 2. The van der Waals surface area contributed by atoms with Crippen LogP contribution in [0.2, 0.25) is 0 Å². The molecule has 0 atom stereocenters. The minimum Gasteiger partial charge on any atom is -0.390 e. The molecule has 1 aromatic carbocycles. The molecule has 2 aliphatic rings. The van der Waals surface area contributed by atoms with Gasteiger partial charge in [0.1, 0.15) is 0 Å². The van der Waals surface area contributed by atoms with Crippen molar-refractivity contribution in [1.82, 2.24) is 0 Å². The van der Waals surface area contributed by atoms with E-state index >= 15 is 0 Å². The van der Waals surface area contributed by atoms with Crippen molar-refractivity contribution < 1.29 is 5.11 Å². The largest absolute Gasteiger partial charge is 0.390 e. The third-order valence-electron chi connectivity index (χ3n) is 5.24. The highest BCUT2D eigenvalue weighted by molar-refractivity contribution is 5.20. The second kappa shape index (κ2) is 5.05. The summed E-state index contributed by atoms with van der Waals surface area (Å²) in [5, 5.41) is 10.8. The van der Waals surface area contributed by atoms with Gasteiger partial charge in [0.2, 0.25) is 0 Å². The molecule has 0 aliphatic heterocycles. The highest BCUT2D eigenvalue weighted by Gasteiger charge is 2.41. The fourth-order valence-corrected chi connectivity index (χ4v) is 4.05. The Morgan fingerprint density at radius 3 is 2.11 bits per heavy atom. The minimum atomic E-state index is -0.332. The molecule has 18 heavy (non-hydrogen) atoms. The third-order valence-corrected chi connectivity index (χ3v) is 5.24. The zero-order chi connectivity index (χ0) is 12.4. The second-order valence-corrected chi connectivity index (χ2v) is 6.27. The van der Waals surface area contributed by atoms with Crippen molar-refractivity contribution in [2.24, 2.45) is 5.92 Å². The summed E-state index contributed by atoms with van der Waals surface area (Å²) in [6.07, 6.45) is 9.52. The molecule has 1 aromatic rings. The molecule has 2 aliphatic carbocycles. The highest BCUT2D eigenvalue weighted by atomic mass is 16.3. The maximum Gasteiger partial charge on any atom is 0.0676 e. The van der Waals surface area contributed by atoms with Crippen LogP contribution in [-0.2, 0) is 0 Å². The van der Waals surface area contributed by atoms with Gasteiger partial charge >= 0.3 is 0 Å². The van der Waals surface area contributed by atoms with Crippen molar-refractivity contribution in [3.63, 3.8) is 0 Å². The maximum absolute atomic E-state index is 10.8. The van der Waals surface area contributed by atoms with Gasteiger partial charge in [-0.15, -0.1) is 0 Å². The van der Waals surface area contributed by atoms with E-state index in [1.54, 1.807) is 0 Å². The van der Waals surface area contributed by atoms with Crippen LogP contribution in [0.1, 0.15) is 62.8 Å². The Morgan fingerprint density at radius 1 is 0.889 bits per heavy atom. The molecular formula is C17H24O. The van der Waals surface area contributed by atoms with Gasteiger partial charge in [-0.05, 0) is 55.9 Å². The van der Waals surface area contributed by atoms with E-state index in [0.29, 0.717) is 11.8 Å². The molecule has 2 fully saturated rings. The monoisotopic (exact) mass is 244 g/mol. The molecule has 0 saturated heterocycles. The second-order valence-electron chi connectivity index (χ2n) is 6.27. The predicted molar refractivity (Wildman–Crippen MR) is 74.6 cm³/mol. The normalized spacial score (nSPS) is 33.7. The van der Waals surface area contributed by atoms with E-state index in [1.165, 1.54) is 31.2 Å². The quantitative estimate of drug-likeness (QED) is 0.824. The van der Waals surface area contributed by atoms with Crippen LogP contribution >= 0.6 is 0 Å². The van der Waals surface area contributed by atoms with Gasteiger partial charge in [-0.25, -0.2) is 0 Å². The van der Waals surface area contributed by atoms with Crippen LogP contribution < -0.4 is 0 Å². The number of hydrogen-bond donors (Lipinski definition) is 1. The summed E-state index contributed by atoms with van der Waals surface area (Å²) >= 11 is 0. The van der Waals surface area contributed by atoms with E-state index in [1.807, 2.05) is 0 Å².